The van der Waals surface area contributed by atoms with Crippen LogP contribution in [0.5, 0.6) is 0 Å². The number of hydrogen-bond donors (Lipinski definition) is 1. The van der Waals surface area contributed by atoms with E-state index in [1.165, 1.54) is 0 Å². The Labute approximate surface area is 121 Å². The molecule has 20 heavy (non-hydrogen) atoms. The maximum atomic E-state index is 12.1. The van der Waals surface area contributed by atoms with Crippen molar-refractivity contribution in [3.8, 4) is 0 Å². The van der Waals surface area contributed by atoms with Gasteiger partial charge in [-0.2, -0.15) is 0 Å². The summed E-state index contributed by atoms with van der Waals surface area (Å²) < 4.78 is 0. The van der Waals surface area contributed by atoms with Crippen LogP contribution in [0.3, 0.4) is 0 Å². The molecule has 2 rings (SSSR count). The third-order valence-electron chi connectivity index (χ3n) is 3.49. The van der Waals surface area contributed by atoms with Crippen molar-refractivity contribution in [3.05, 3.63) is 24.0 Å². The Morgan fingerprint density at radius 2 is 2.10 bits per heavy atom. The molecule has 0 bridgehead atoms. The van der Waals surface area contributed by atoms with E-state index in [9.17, 15) is 4.79 Å². The molecule has 1 N–H and O–H groups in total. The maximum absolute atomic E-state index is 12.1. The average Bonchev–Trinajstić information content (AvgIpc) is 2.97. The molecule has 1 aromatic heterocycles. The van der Waals surface area contributed by atoms with Crippen LogP contribution in [0.25, 0.3) is 0 Å². The highest BCUT2D eigenvalue weighted by Crippen LogP contribution is 2.13. The fraction of sp³-hybridized carbons (Fsp3) is 0.600. The van der Waals surface area contributed by atoms with Crippen LogP contribution < -0.4 is 5.32 Å². The van der Waals surface area contributed by atoms with E-state index >= 15 is 0 Å². The minimum Gasteiger partial charge on any atom is -0.384 e. The Morgan fingerprint density at radius 3 is 2.70 bits per heavy atom. The van der Waals surface area contributed by atoms with E-state index in [1.54, 1.807) is 6.20 Å². The average molecular weight is 276 g/mol. The van der Waals surface area contributed by atoms with Gasteiger partial charge in [-0.1, -0.05) is 0 Å². The minimum atomic E-state index is 0.0571. The molecule has 0 radical (unpaired) electrons. The molecule has 1 aromatic rings. The van der Waals surface area contributed by atoms with Crippen molar-refractivity contribution in [1.29, 1.82) is 0 Å². The predicted molar refractivity (Wildman–Crippen MR) is 81.0 cm³/mol. The normalized spacial score (nSPS) is 14.8. The third kappa shape index (κ3) is 4.20. The van der Waals surface area contributed by atoms with Crippen molar-refractivity contribution < 1.29 is 4.79 Å². The van der Waals surface area contributed by atoms with Gasteiger partial charge in [-0.15, -0.1) is 0 Å². The van der Waals surface area contributed by atoms with Crippen molar-refractivity contribution in [1.82, 2.24) is 14.8 Å². The monoisotopic (exact) mass is 276 g/mol. The zero-order chi connectivity index (χ0) is 14.4. The first-order valence-corrected chi connectivity index (χ1v) is 7.31. The van der Waals surface area contributed by atoms with Crippen LogP contribution in [0.2, 0.25) is 0 Å². The van der Waals surface area contributed by atoms with Crippen LogP contribution in [0, 0.1) is 0 Å². The maximum Gasteiger partial charge on any atom is 0.272 e. The van der Waals surface area contributed by atoms with Crippen molar-refractivity contribution >= 4 is 11.6 Å². The van der Waals surface area contributed by atoms with Crippen molar-refractivity contribution in [2.75, 3.05) is 45.6 Å². The van der Waals surface area contributed by atoms with Crippen molar-refractivity contribution in [3.63, 3.8) is 0 Å². The SMILES string of the molecule is CN(C)CCCNc1ccc(C(=O)N2CCCC2)nc1. The summed E-state index contributed by atoms with van der Waals surface area (Å²) in [4.78, 5) is 20.4. The molecule has 5 nitrogen and oxygen atoms in total. The van der Waals surface area contributed by atoms with Crippen LogP contribution in [-0.2, 0) is 0 Å². The van der Waals surface area contributed by atoms with Gasteiger partial charge >= 0.3 is 0 Å². The molecule has 1 amide bonds. The molecule has 5 heteroatoms. The molecule has 2 heterocycles. The number of carbonyl (C=O) groups is 1. The van der Waals surface area contributed by atoms with Crippen LogP contribution in [0.15, 0.2) is 18.3 Å². The number of hydrogen-bond acceptors (Lipinski definition) is 4. The number of aromatic nitrogens is 1. The van der Waals surface area contributed by atoms with E-state index in [-0.39, 0.29) is 5.91 Å². The molecule has 0 spiro atoms. The van der Waals surface area contributed by atoms with Gasteiger partial charge in [0, 0.05) is 19.6 Å². The fourth-order valence-corrected chi connectivity index (χ4v) is 2.34. The summed E-state index contributed by atoms with van der Waals surface area (Å²) in [5.41, 5.74) is 1.52. The summed E-state index contributed by atoms with van der Waals surface area (Å²) in [5, 5.41) is 3.32. The number of amides is 1. The summed E-state index contributed by atoms with van der Waals surface area (Å²) in [5.74, 6) is 0.0571. The van der Waals surface area contributed by atoms with Gasteiger partial charge in [0.2, 0.25) is 0 Å². The molecular formula is C15H24N4O. The first kappa shape index (κ1) is 14.8. The van der Waals surface area contributed by atoms with Gasteiger partial charge in [0.15, 0.2) is 0 Å². The van der Waals surface area contributed by atoms with E-state index in [2.05, 4.69) is 29.3 Å². The highest BCUT2D eigenvalue weighted by molar-refractivity contribution is 5.92. The van der Waals surface area contributed by atoms with Crippen LogP contribution in [0.4, 0.5) is 5.69 Å². The lowest BCUT2D eigenvalue weighted by Gasteiger charge is -2.15. The molecular weight excluding hydrogens is 252 g/mol. The summed E-state index contributed by atoms with van der Waals surface area (Å²) in [6, 6.07) is 3.75. The lowest BCUT2D eigenvalue weighted by atomic mass is 10.3. The van der Waals surface area contributed by atoms with Gasteiger partial charge < -0.3 is 15.1 Å². The Morgan fingerprint density at radius 1 is 1.35 bits per heavy atom. The van der Waals surface area contributed by atoms with Crippen LogP contribution in [-0.4, -0.2) is 61.0 Å². The van der Waals surface area contributed by atoms with Crippen molar-refractivity contribution in [2.24, 2.45) is 0 Å². The molecule has 1 aliphatic rings. The fourth-order valence-electron chi connectivity index (χ4n) is 2.34. The highest BCUT2D eigenvalue weighted by atomic mass is 16.2. The second kappa shape index (κ2) is 7.24. The van der Waals surface area contributed by atoms with Gasteiger partial charge in [-0.05, 0) is 52.0 Å². The lowest BCUT2D eigenvalue weighted by molar-refractivity contribution is 0.0787. The van der Waals surface area contributed by atoms with Gasteiger partial charge in [-0.25, -0.2) is 4.98 Å². The Bertz CT molecular complexity index is 424. The van der Waals surface area contributed by atoms with Crippen LogP contribution >= 0.6 is 0 Å². The number of nitrogens with one attached hydrogen (secondary N) is 1. The molecule has 1 saturated heterocycles. The molecule has 0 saturated carbocycles. The van der Waals surface area contributed by atoms with Gasteiger partial charge in [0.25, 0.3) is 5.91 Å². The first-order chi connectivity index (χ1) is 9.66. The van der Waals surface area contributed by atoms with E-state index in [1.807, 2.05) is 17.0 Å². The quantitative estimate of drug-likeness (QED) is 0.803. The Hall–Kier alpha value is -1.62. The molecule has 0 atom stereocenters. The summed E-state index contributed by atoms with van der Waals surface area (Å²) in [6.07, 6.45) is 5.05. The largest absolute Gasteiger partial charge is 0.384 e. The number of carbonyl (C=O) groups excluding carboxylic acids is 1. The Balaban J connectivity index is 1.81. The van der Waals surface area contributed by atoms with Crippen LogP contribution in [0.1, 0.15) is 29.8 Å². The van der Waals surface area contributed by atoms with Gasteiger partial charge in [0.05, 0.1) is 11.9 Å². The number of likely N-dealkylation sites (tertiary alicyclic amines) is 1. The number of pyridine rings is 1. The van der Waals surface area contributed by atoms with E-state index in [0.29, 0.717) is 5.69 Å². The number of anilines is 1. The predicted octanol–water partition coefficient (Wildman–Crippen LogP) is 1.68. The Kier molecular flexibility index (Phi) is 5.35. The zero-order valence-corrected chi connectivity index (χ0v) is 12.4. The number of rotatable bonds is 6. The summed E-state index contributed by atoms with van der Waals surface area (Å²) in [7, 11) is 4.14. The van der Waals surface area contributed by atoms with E-state index in [4.69, 9.17) is 0 Å². The van der Waals surface area contributed by atoms with Gasteiger partial charge in [0.1, 0.15) is 5.69 Å². The zero-order valence-electron chi connectivity index (χ0n) is 12.4. The molecule has 0 aromatic carbocycles. The third-order valence-corrected chi connectivity index (χ3v) is 3.49. The highest BCUT2D eigenvalue weighted by Gasteiger charge is 2.20. The topological polar surface area (TPSA) is 48.5 Å². The second-order valence-electron chi connectivity index (χ2n) is 5.52. The smallest absolute Gasteiger partial charge is 0.272 e. The summed E-state index contributed by atoms with van der Waals surface area (Å²) in [6.45, 7) is 3.71. The minimum absolute atomic E-state index is 0.0571. The van der Waals surface area contributed by atoms with Gasteiger partial charge in [-0.3, -0.25) is 4.79 Å². The molecule has 1 fully saturated rings. The summed E-state index contributed by atoms with van der Waals surface area (Å²) >= 11 is 0. The van der Waals surface area contributed by atoms with E-state index in [0.717, 1.165) is 51.1 Å². The molecule has 1 aliphatic heterocycles. The second-order valence-corrected chi connectivity index (χ2v) is 5.52. The van der Waals surface area contributed by atoms with Crippen molar-refractivity contribution in [2.45, 2.75) is 19.3 Å². The lowest BCUT2D eigenvalue weighted by Crippen LogP contribution is -2.28. The molecule has 0 aliphatic carbocycles. The molecule has 110 valence electrons. The standard InChI is InChI=1S/C15H24N4O/c1-18(2)9-5-8-16-13-6-7-14(17-12-13)15(20)19-10-3-4-11-19/h6-7,12,16H,3-5,8-11H2,1-2H3. The number of nitrogens with zero attached hydrogens (tertiary/aromatic N) is 3. The molecule has 0 unspecified atom stereocenters. The van der Waals surface area contributed by atoms with E-state index < -0.39 is 0 Å². The first-order valence-electron chi connectivity index (χ1n) is 7.31.